The first-order chi connectivity index (χ1) is 9.24. The topological polar surface area (TPSA) is 40.7 Å². The fourth-order valence-electron chi connectivity index (χ4n) is 2.57. The highest BCUT2D eigenvalue weighted by molar-refractivity contribution is 5.26. The van der Waals surface area contributed by atoms with Crippen LogP contribution in [0.4, 0.5) is 0 Å². The summed E-state index contributed by atoms with van der Waals surface area (Å²) >= 11 is 0. The van der Waals surface area contributed by atoms with Crippen molar-refractivity contribution in [2.75, 3.05) is 0 Å². The second-order valence-electron chi connectivity index (χ2n) is 5.59. The summed E-state index contributed by atoms with van der Waals surface area (Å²) in [6.45, 7) is 4.30. The molecule has 0 spiro atoms. The molecule has 1 aromatic carbocycles. The van der Waals surface area contributed by atoms with E-state index < -0.39 is 0 Å². The maximum Gasteiger partial charge on any atom is 0.122 e. The predicted molar refractivity (Wildman–Crippen MR) is 76.8 cm³/mol. The number of aromatic nitrogens is 2. The SMILES string of the molecule is Cc1ccc(C(NC(C)c2ncc[nH]2)C2CC2)cc1. The maximum atomic E-state index is 4.34. The van der Waals surface area contributed by atoms with E-state index in [4.69, 9.17) is 0 Å². The van der Waals surface area contributed by atoms with E-state index in [9.17, 15) is 0 Å². The molecule has 19 heavy (non-hydrogen) atoms. The Hall–Kier alpha value is -1.61. The lowest BCUT2D eigenvalue weighted by molar-refractivity contribution is 0.417. The van der Waals surface area contributed by atoms with Crippen LogP contribution in [0.1, 0.15) is 48.8 Å². The molecule has 1 aromatic heterocycles. The third-order valence-electron chi connectivity index (χ3n) is 3.89. The number of aromatic amines is 1. The summed E-state index contributed by atoms with van der Waals surface area (Å²) in [6, 6.07) is 9.59. The van der Waals surface area contributed by atoms with Crippen molar-refractivity contribution in [3.8, 4) is 0 Å². The van der Waals surface area contributed by atoms with Gasteiger partial charge in [-0.25, -0.2) is 4.98 Å². The predicted octanol–water partition coefficient (Wildman–Crippen LogP) is 3.52. The van der Waals surface area contributed by atoms with Crippen molar-refractivity contribution in [3.63, 3.8) is 0 Å². The molecule has 0 radical (unpaired) electrons. The number of rotatable bonds is 5. The van der Waals surface area contributed by atoms with E-state index in [1.165, 1.54) is 24.0 Å². The third-order valence-corrected chi connectivity index (χ3v) is 3.89. The van der Waals surface area contributed by atoms with Crippen molar-refractivity contribution in [2.24, 2.45) is 5.92 Å². The average Bonchev–Trinajstić information content (AvgIpc) is 3.10. The lowest BCUT2D eigenvalue weighted by Crippen LogP contribution is -2.26. The van der Waals surface area contributed by atoms with Gasteiger partial charge in [0.15, 0.2) is 0 Å². The standard InChI is InChI=1S/C16H21N3/c1-11-3-5-13(6-4-11)15(14-7-8-14)19-12(2)16-17-9-10-18-16/h3-6,9-10,12,14-15,19H,7-8H2,1-2H3,(H,17,18). The van der Waals surface area contributed by atoms with Crippen LogP contribution in [0.15, 0.2) is 36.7 Å². The van der Waals surface area contributed by atoms with Crippen molar-refractivity contribution in [1.29, 1.82) is 0 Å². The van der Waals surface area contributed by atoms with Gasteiger partial charge >= 0.3 is 0 Å². The van der Waals surface area contributed by atoms with Gasteiger partial charge in [0.1, 0.15) is 5.82 Å². The number of benzene rings is 1. The molecule has 2 aromatic rings. The van der Waals surface area contributed by atoms with Gasteiger partial charge in [0.25, 0.3) is 0 Å². The first-order valence-corrected chi connectivity index (χ1v) is 7.06. The van der Waals surface area contributed by atoms with E-state index in [-0.39, 0.29) is 6.04 Å². The second kappa shape index (κ2) is 5.17. The maximum absolute atomic E-state index is 4.34. The van der Waals surface area contributed by atoms with Gasteiger partial charge in [0.05, 0.1) is 6.04 Å². The molecule has 1 saturated carbocycles. The molecule has 2 unspecified atom stereocenters. The quantitative estimate of drug-likeness (QED) is 0.858. The molecule has 0 saturated heterocycles. The summed E-state index contributed by atoms with van der Waals surface area (Å²) in [7, 11) is 0. The molecule has 2 atom stereocenters. The fraction of sp³-hybridized carbons (Fsp3) is 0.438. The molecule has 0 bridgehead atoms. The molecule has 0 aliphatic heterocycles. The molecule has 1 fully saturated rings. The van der Waals surface area contributed by atoms with Gasteiger partial charge < -0.3 is 10.3 Å². The molecule has 3 nitrogen and oxygen atoms in total. The van der Waals surface area contributed by atoms with Gasteiger partial charge in [-0.3, -0.25) is 0 Å². The average molecular weight is 255 g/mol. The van der Waals surface area contributed by atoms with Gasteiger partial charge in [-0.15, -0.1) is 0 Å². The Morgan fingerprint density at radius 2 is 2.00 bits per heavy atom. The lowest BCUT2D eigenvalue weighted by atomic mass is 10.00. The third kappa shape index (κ3) is 2.87. The molecule has 1 heterocycles. The highest BCUT2D eigenvalue weighted by Crippen LogP contribution is 2.42. The number of nitrogens with zero attached hydrogens (tertiary/aromatic N) is 1. The van der Waals surface area contributed by atoms with Crippen LogP contribution in [-0.4, -0.2) is 9.97 Å². The summed E-state index contributed by atoms with van der Waals surface area (Å²) in [4.78, 5) is 7.53. The van der Waals surface area contributed by atoms with Gasteiger partial charge in [-0.1, -0.05) is 29.8 Å². The van der Waals surface area contributed by atoms with Crippen LogP contribution in [0.3, 0.4) is 0 Å². The minimum absolute atomic E-state index is 0.252. The summed E-state index contributed by atoms with van der Waals surface area (Å²) in [5.41, 5.74) is 2.71. The summed E-state index contributed by atoms with van der Waals surface area (Å²) in [6.07, 6.45) is 6.35. The van der Waals surface area contributed by atoms with E-state index in [2.05, 4.69) is 53.4 Å². The number of nitrogens with one attached hydrogen (secondary N) is 2. The smallest absolute Gasteiger partial charge is 0.122 e. The Bertz CT molecular complexity index is 511. The summed E-state index contributed by atoms with van der Waals surface area (Å²) in [5, 5.41) is 3.72. The molecule has 0 amide bonds. The van der Waals surface area contributed by atoms with Crippen LogP contribution >= 0.6 is 0 Å². The molecule has 3 rings (SSSR count). The van der Waals surface area contributed by atoms with Crippen LogP contribution in [-0.2, 0) is 0 Å². The summed E-state index contributed by atoms with van der Waals surface area (Å²) < 4.78 is 0. The number of aryl methyl sites for hydroxylation is 1. The minimum atomic E-state index is 0.252. The number of H-pyrrole nitrogens is 1. The van der Waals surface area contributed by atoms with Gasteiger partial charge in [-0.05, 0) is 38.2 Å². The van der Waals surface area contributed by atoms with Crippen LogP contribution in [0.2, 0.25) is 0 Å². The second-order valence-corrected chi connectivity index (χ2v) is 5.59. The largest absolute Gasteiger partial charge is 0.347 e. The van der Waals surface area contributed by atoms with E-state index in [0.29, 0.717) is 6.04 Å². The Morgan fingerprint density at radius 3 is 2.58 bits per heavy atom. The Morgan fingerprint density at radius 1 is 1.26 bits per heavy atom. The monoisotopic (exact) mass is 255 g/mol. The molecular formula is C16H21N3. The van der Waals surface area contributed by atoms with Crippen LogP contribution < -0.4 is 5.32 Å². The number of hydrogen-bond acceptors (Lipinski definition) is 2. The number of imidazole rings is 1. The van der Waals surface area contributed by atoms with E-state index in [1.54, 1.807) is 0 Å². The molecule has 1 aliphatic rings. The highest BCUT2D eigenvalue weighted by atomic mass is 15.0. The Balaban J connectivity index is 1.76. The molecule has 1 aliphatic carbocycles. The van der Waals surface area contributed by atoms with Crippen molar-refractivity contribution < 1.29 is 0 Å². The van der Waals surface area contributed by atoms with E-state index in [0.717, 1.165) is 11.7 Å². The Kier molecular flexibility index (Phi) is 3.38. The molecule has 3 heteroatoms. The van der Waals surface area contributed by atoms with Crippen molar-refractivity contribution in [1.82, 2.24) is 15.3 Å². The van der Waals surface area contributed by atoms with Gasteiger partial charge in [-0.2, -0.15) is 0 Å². The highest BCUT2D eigenvalue weighted by Gasteiger charge is 2.33. The first kappa shape index (κ1) is 12.4. The van der Waals surface area contributed by atoms with E-state index >= 15 is 0 Å². The van der Waals surface area contributed by atoms with Crippen molar-refractivity contribution in [2.45, 2.75) is 38.8 Å². The molecule has 2 N–H and O–H groups in total. The van der Waals surface area contributed by atoms with Gasteiger partial charge in [0, 0.05) is 18.4 Å². The van der Waals surface area contributed by atoms with Crippen molar-refractivity contribution in [3.05, 3.63) is 53.6 Å². The zero-order valence-electron chi connectivity index (χ0n) is 11.6. The lowest BCUT2D eigenvalue weighted by Gasteiger charge is -2.23. The normalized spacial score (nSPS) is 18.2. The van der Waals surface area contributed by atoms with Crippen LogP contribution in [0, 0.1) is 12.8 Å². The van der Waals surface area contributed by atoms with Gasteiger partial charge in [0.2, 0.25) is 0 Å². The fourth-order valence-corrected chi connectivity index (χ4v) is 2.57. The molecule has 100 valence electrons. The van der Waals surface area contributed by atoms with Crippen LogP contribution in [0.25, 0.3) is 0 Å². The van der Waals surface area contributed by atoms with Crippen molar-refractivity contribution >= 4 is 0 Å². The van der Waals surface area contributed by atoms with E-state index in [1.807, 2.05) is 12.4 Å². The minimum Gasteiger partial charge on any atom is -0.347 e. The Labute approximate surface area is 114 Å². The zero-order chi connectivity index (χ0) is 13.2. The summed E-state index contributed by atoms with van der Waals surface area (Å²) in [5.74, 6) is 1.79. The first-order valence-electron chi connectivity index (χ1n) is 7.06. The van der Waals surface area contributed by atoms with Crippen LogP contribution in [0.5, 0.6) is 0 Å². The molecular weight excluding hydrogens is 234 g/mol. The number of hydrogen-bond donors (Lipinski definition) is 2. The zero-order valence-corrected chi connectivity index (χ0v) is 11.6.